The lowest BCUT2D eigenvalue weighted by Gasteiger charge is -2.37. The fraction of sp³-hybridized carbons (Fsp3) is 0.600. The highest BCUT2D eigenvalue weighted by Gasteiger charge is 2.26. The number of methoxy groups -OCH3 is 1. The smallest absolute Gasteiger partial charge is 0.132 e. The quantitative estimate of drug-likeness (QED) is 0.868. The van der Waals surface area contributed by atoms with Crippen molar-refractivity contribution in [3.8, 4) is 5.75 Å². The molecule has 0 amide bonds. The van der Waals surface area contributed by atoms with Gasteiger partial charge in [0, 0.05) is 37.8 Å². The van der Waals surface area contributed by atoms with Crippen LogP contribution in [-0.4, -0.2) is 48.8 Å². The number of H-pyrrole nitrogens is 1. The average Bonchev–Trinajstić information content (AvgIpc) is 3.07. The summed E-state index contributed by atoms with van der Waals surface area (Å²) in [5, 5.41) is 1.21. The van der Waals surface area contributed by atoms with E-state index in [1.807, 2.05) is 6.20 Å². The molecule has 24 heavy (non-hydrogen) atoms. The summed E-state index contributed by atoms with van der Waals surface area (Å²) in [6.45, 7) is 9.54. The first-order valence-electron chi connectivity index (χ1n) is 9.11. The zero-order chi connectivity index (χ0) is 17.1. The van der Waals surface area contributed by atoms with Gasteiger partial charge in [-0.15, -0.1) is 0 Å². The maximum Gasteiger partial charge on any atom is 0.132 e. The molecule has 2 aromatic rings. The Hall–Kier alpha value is -1.52. The molecule has 1 N–H and O–H groups in total. The Morgan fingerprint density at radius 1 is 1.25 bits per heavy atom. The molecule has 0 spiro atoms. The van der Waals surface area contributed by atoms with Crippen LogP contribution in [0.4, 0.5) is 0 Å². The summed E-state index contributed by atoms with van der Waals surface area (Å²) in [6.07, 6.45) is 5.61. The number of aromatic amines is 1. The number of likely N-dealkylation sites (tertiary alicyclic amines) is 1. The Kier molecular flexibility index (Phi) is 5.47. The Morgan fingerprint density at radius 2 is 2.00 bits per heavy atom. The molecule has 1 fully saturated rings. The SMILES string of the molecule is CCC(COC)N1CCC(Oc2c(C)cc(C)c3[nH]ccc23)CC1. The van der Waals surface area contributed by atoms with Crippen molar-refractivity contribution >= 4 is 10.9 Å². The highest BCUT2D eigenvalue weighted by atomic mass is 16.5. The van der Waals surface area contributed by atoms with Gasteiger partial charge in [-0.3, -0.25) is 4.90 Å². The van der Waals surface area contributed by atoms with Crippen molar-refractivity contribution < 1.29 is 9.47 Å². The van der Waals surface area contributed by atoms with Gasteiger partial charge in [0.05, 0.1) is 12.1 Å². The number of nitrogens with one attached hydrogen (secondary N) is 1. The first-order valence-corrected chi connectivity index (χ1v) is 9.11. The summed E-state index contributed by atoms with van der Waals surface area (Å²) in [6, 6.07) is 4.88. The second-order valence-electron chi connectivity index (χ2n) is 6.98. The van der Waals surface area contributed by atoms with Gasteiger partial charge in [-0.25, -0.2) is 0 Å². The number of aryl methyl sites for hydroxylation is 2. The molecular weight excluding hydrogens is 300 g/mol. The topological polar surface area (TPSA) is 37.5 Å². The summed E-state index contributed by atoms with van der Waals surface area (Å²) in [5.74, 6) is 1.05. The van der Waals surface area contributed by atoms with Crippen molar-refractivity contribution in [3.05, 3.63) is 29.5 Å². The third-order valence-electron chi connectivity index (χ3n) is 5.28. The zero-order valence-corrected chi connectivity index (χ0v) is 15.4. The minimum Gasteiger partial charge on any atom is -0.489 e. The molecule has 2 heterocycles. The van der Waals surface area contributed by atoms with Crippen molar-refractivity contribution in [2.45, 2.75) is 52.2 Å². The van der Waals surface area contributed by atoms with Gasteiger partial charge in [0.2, 0.25) is 0 Å². The highest BCUT2D eigenvalue weighted by Crippen LogP contribution is 2.33. The number of fused-ring (bicyclic) bond motifs is 1. The molecule has 0 aliphatic carbocycles. The molecule has 1 atom stereocenters. The number of hydrogen-bond acceptors (Lipinski definition) is 3. The maximum absolute atomic E-state index is 6.46. The summed E-state index contributed by atoms with van der Waals surface area (Å²) in [7, 11) is 1.79. The van der Waals surface area contributed by atoms with E-state index >= 15 is 0 Å². The number of piperidine rings is 1. The Labute approximate surface area is 145 Å². The predicted molar refractivity (Wildman–Crippen MR) is 99.0 cm³/mol. The van der Waals surface area contributed by atoms with E-state index in [0.717, 1.165) is 44.7 Å². The lowest BCUT2D eigenvalue weighted by molar-refractivity contribution is 0.0396. The summed E-state index contributed by atoms with van der Waals surface area (Å²) in [5.41, 5.74) is 3.70. The van der Waals surface area contributed by atoms with Crippen LogP contribution in [0.1, 0.15) is 37.3 Å². The molecule has 1 aromatic heterocycles. The van der Waals surface area contributed by atoms with Crippen molar-refractivity contribution in [2.75, 3.05) is 26.8 Å². The number of ether oxygens (including phenoxy) is 2. The van der Waals surface area contributed by atoms with Crippen LogP contribution in [0.25, 0.3) is 10.9 Å². The van der Waals surface area contributed by atoms with Crippen LogP contribution in [0.3, 0.4) is 0 Å². The van der Waals surface area contributed by atoms with Gasteiger partial charge in [0.1, 0.15) is 11.9 Å². The van der Waals surface area contributed by atoms with Crippen LogP contribution in [0.5, 0.6) is 5.75 Å². The first-order chi connectivity index (χ1) is 11.6. The lowest BCUT2D eigenvalue weighted by atomic mass is 10.0. The molecule has 0 bridgehead atoms. The van der Waals surface area contributed by atoms with Gasteiger partial charge in [-0.2, -0.15) is 0 Å². The molecule has 1 unspecified atom stereocenters. The van der Waals surface area contributed by atoms with E-state index in [1.54, 1.807) is 7.11 Å². The fourth-order valence-corrected chi connectivity index (χ4v) is 3.92. The minimum atomic E-state index is 0.306. The van der Waals surface area contributed by atoms with E-state index in [0.29, 0.717) is 12.1 Å². The molecule has 1 aliphatic heterocycles. The summed E-state index contributed by atoms with van der Waals surface area (Å²) >= 11 is 0. The van der Waals surface area contributed by atoms with Gasteiger partial charge < -0.3 is 14.5 Å². The van der Waals surface area contributed by atoms with E-state index < -0.39 is 0 Å². The second kappa shape index (κ2) is 7.58. The van der Waals surface area contributed by atoms with Crippen LogP contribution in [0.15, 0.2) is 18.3 Å². The normalized spacial score (nSPS) is 18.2. The summed E-state index contributed by atoms with van der Waals surface area (Å²) < 4.78 is 11.8. The van der Waals surface area contributed by atoms with Crippen LogP contribution < -0.4 is 4.74 Å². The van der Waals surface area contributed by atoms with Crippen LogP contribution in [-0.2, 0) is 4.74 Å². The number of hydrogen-bond donors (Lipinski definition) is 1. The molecule has 1 saturated heterocycles. The number of rotatable bonds is 6. The molecule has 4 heteroatoms. The molecule has 1 aromatic carbocycles. The highest BCUT2D eigenvalue weighted by molar-refractivity contribution is 5.89. The van der Waals surface area contributed by atoms with E-state index in [1.165, 1.54) is 22.0 Å². The third kappa shape index (κ3) is 3.45. The Morgan fingerprint density at radius 3 is 2.67 bits per heavy atom. The van der Waals surface area contributed by atoms with E-state index in [4.69, 9.17) is 9.47 Å². The van der Waals surface area contributed by atoms with E-state index in [-0.39, 0.29) is 0 Å². The Balaban J connectivity index is 1.68. The van der Waals surface area contributed by atoms with E-state index in [9.17, 15) is 0 Å². The van der Waals surface area contributed by atoms with Gasteiger partial charge >= 0.3 is 0 Å². The van der Waals surface area contributed by atoms with Crippen molar-refractivity contribution in [1.29, 1.82) is 0 Å². The second-order valence-corrected chi connectivity index (χ2v) is 6.98. The minimum absolute atomic E-state index is 0.306. The van der Waals surface area contributed by atoms with Gasteiger partial charge in [-0.05, 0) is 50.3 Å². The number of nitrogens with zero attached hydrogens (tertiary/aromatic N) is 1. The van der Waals surface area contributed by atoms with Gasteiger partial charge in [0.15, 0.2) is 0 Å². The zero-order valence-electron chi connectivity index (χ0n) is 15.4. The first kappa shape index (κ1) is 17.3. The third-order valence-corrected chi connectivity index (χ3v) is 5.28. The van der Waals surface area contributed by atoms with Crippen molar-refractivity contribution in [1.82, 2.24) is 9.88 Å². The van der Waals surface area contributed by atoms with Crippen molar-refractivity contribution in [2.24, 2.45) is 0 Å². The summed E-state index contributed by atoms with van der Waals surface area (Å²) in [4.78, 5) is 5.89. The van der Waals surface area contributed by atoms with Crippen LogP contribution in [0.2, 0.25) is 0 Å². The van der Waals surface area contributed by atoms with Gasteiger partial charge in [-0.1, -0.05) is 13.0 Å². The number of aromatic nitrogens is 1. The van der Waals surface area contributed by atoms with Crippen LogP contribution in [0, 0.1) is 13.8 Å². The molecule has 132 valence electrons. The molecule has 0 saturated carbocycles. The van der Waals surface area contributed by atoms with Gasteiger partial charge in [0.25, 0.3) is 0 Å². The fourth-order valence-electron chi connectivity index (χ4n) is 3.92. The maximum atomic E-state index is 6.46. The predicted octanol–water partition coefficient (Wildman–Crippen LogP) is 4.05. The lowest BCUT2D eigenvalue weighted by Crippen LogP contribution is -2.45. The standard InChI is InChI=1S/C20H30N2O2/c1-5-16(13-23-4)22-10-7-17(8-11-22)24-20-15(3)12-14(2)19-18(20)6-9-21-19/h6,9,12,16-17,21H,5,7-8,10-11,13H2,1-4H3. The Bertz CT molecular complexity index is 672. The average molecular weight is 330 g/mol. The largest absolute Gasteiger partial charge is 0.489 e. The monoisotopic (exact) mass is 330 g/mol. The van der Waals surface area contributed by atoms with E-state index in [2.05, 4.69) is 42.8 Å². The number of benzene rings is 1. The molecule has 3 rings (SSSR count). The molecule has 4 nitrogen and oxygen atoms in total. The molecule has 0 radical (unpaired) electrons. The molecule has 1 aliphatic rings. The van der Waals surface area contributed by atoms with Crippen molar-refractivity contribution in [3.63, 3.8) is 0 Å². The molecular formula is C20H30N2O2. The van der Waals surface area contributed by atoms with Crippen LogP contribution >= 0.6 is 0 Å².